The number of allylic oxidation sites excluding steroid dienone is 1. The van der Waals surface area contributed by atoms with Crippen LogP contribution in [0.5, 0.6) is 0 Å². The number of ketones is 1. The SMILES string of the molecule is CC(=O)Nc1ccc(C=CC(=O)c2ccc(CC3SC(=O)NC3=O)cc2)cc1. The summed E-state index contributed by atoms with van der Waals surface area (Å²) in [6, 6.07) is 14.2. The average Bonchev–Trinajstić information content (AvgIpc) is 2.98. The van der Waals surface area contributed by atoms with Crippen molar-refractivity contribution in [1.29, 1.82) is 0 Å². The number of thioether (sulfide) groups is 1. The summed E-state index contributed by atoms with van der Waals surface area (Å²) in [4.78, 5) is 46.2. The summed E-state index contributed by atoms with van der Waals surface area (Å²) in [5.74, 6) is -0.552. The maximum absolute atomic E-state index is 12.3. The molecule has 2 N–H and O–H groups in total. The molecule has 7 heteroatoms. The third-order valence-corrected chi connectivity index (χ3v) is 5.07. The first kappa shape index (κ1) is 19.6. The Kier molecular flexibility index (Phi) is 6.06. The van der Waals surface area contributed by atoms with Crippen molar-refractivity contribution in [3.63, 3.8) is 0 Å². The van der Waals surface area contributed by atoms with Crippen LogP contribution in [0.3, 0.4) is 0 Å². The fourth-order valence-electron chi connectivity index (χ4n) is 2.70. The van der Waals surface area contributed by atoms with E-state index in [1.807, 2.05) is 12.1 Å². The Balaban J connectivity index is 1.59. The van der Waals surface area contributed by atoms with Gasteiger partial charge in [0.2, 0.25) is 11.8 Å². The average molecular weight is 394 g/mol. The highest BCUT2D eigenvalue weighted by molar-refractivity contribution is 8.15. The Bertz CT molecular complexity index is 949. The minimum Gasteiger partial charge on any atom is -0.326 e. The second-order valence-corrected chi connectivity index (χ2v) is 7.46. The monoisotopic (exact) mass is 394 g/mol. The molecule has 2 aromatic rings. The van der Waals surface area contributed by atoms with Crippen LogP contribution in [0.1, 0.15) is 28.4 Å². The van der Waals surface area contributed by atoms with E-state index in [0.29, 0.717) is 17.7 Å². The van der Waals surface area contributed by atoms with Crippen LogP contribution in [0.15, 0.2) is 54.6 Å². The zero-order chi connectivity index (χ0) is 20.1. The molecule has 0 spiro atoms. The molecule has 142 valence electrons. The van der Waals surface area contributed by atoms with Gasteiger partial charge in [0, 0.05) is 18.2 Å². The molecule has 28 heavy (non-hydrogen) atoms. The lowest BCUT2D eigenvalue weighted by atomic mass is 10.0. The standard InChI is InChI=1S/C21H18N2O4S/c1-13(24)22-17-9-4-14(5-10-17)6-11-18(25)16-7-2-15(3-8-16)12-19-20(26)23-21(27)28-19/h2-11,19H,12H2,1H3,(H,22,24)(H,23,26,27). The number of rotatable bonds is 6. The van der Waals surface area contributed by atoms with E-state index in [1.165, 1.54) is 13.0 Å². The molecule has 0 aromatic heterocycles. The first-order valence-electron chi connectivity index (χ1n) is 8.61. The molecule has 0 aliphatic carbocycles. The predicted molar refractivity (Wildman–Crippen MR) is 109 cm³/mol. The van der Waals surface area contributed by atoms with E-state index in [1.54, 1.807) is 42.5 Å². The molecule has 1 heterocycles. The van der Waals surface area contributed by atoms with Gasteiger partial charge in [-0.15, -0.1) is 0 Å². The van der Waals surface area contributed by atoms with Crippen molar-refractivity contribution >= 4 is 46.4 Å². The summed E-state index contributed by atoms with van der Waals surface area (Å²) in [6.07, 6.45) is 3.63. The lowest BCUT2D eigenvalue weighted by molar-refractivity contribution is -0.119. The molecule has 0 bridgehead atoms. The molecule has 6 nitrogen and oxygen atoms in total. The number of amides is 3. The van der Waals surface area contributed by atoms with Gasteiger partial charge in [-0.05, 0) is 35.8 Å². The number of carbonyl (C=O) groups excluding carboxylic acids is 4. The summed E-state index contributed by atoms with van der Waals surface area (Å²) in [5.41, 5.74) is 2.96. The molecular weight excluding hydrogens is 376 g/mol. The van der Waals surface area contributed by atoms with E-state index in [0.717, 1.165) is 22.9 Å². The van der Waals surface area contributed by atoms with Crippen LogP contribution in [-0.2, 0) is 16.0 Å². The highest BCUT2D eigenvalue weighted by atomic mass is 32.2. The third kappa shape index (κ3) is 5.17. The normalized spacial score (nSPS) is 16.2. The lowest BCUT2D eigenvalue weighted by Crippen LogP contribution is -2.25. The maximum Gasteiger partial charge on any atom is 0.286 e. The van der Waals surface area contributed by atoms with Gasteiger partial charge in [0.25, 0.3) is 5.24 Å². The molecular formula is C21H18N2O4S. The summed E-state index contributed by atoms with van der Waals surface area (Å²) < 4.78 is 0. The molecule has 1 aliphatic rings. The van der Waals surface area contributed by atoms with Crippen LogP contribution in [0.25, 0.3) is 6.08 Å². The van der Waals surface area contributed by atoms with Gasteiger partial charge in [0.05, 0.1) is 5.25 Å². The predicted octanol–water partition coefficient (Wildman–Crippen LogP) is 3.44. The van der Waals surface area contributed by atoms with Gasteiger partial charge in [0.15, 0.2) is 5.78 Å². The fraction of sp³-hybridized carbons (Fsp3) is 0.143. The minimum atomic E-state index is -0.422. The van der Waals surface area contributed by atoms with Crippen molar-refractivity contribution in [3.05, 3.63) is 71.3 Å². The van der Waals surface area contributed by atoms with E-state index in [-0.39, 0.29) is 22.8 Å². The maximum atomic E-state index is 12.3. The minimum absolute atomic E-state index is 0.138. The molecule has 3 rings (SSSR count). The molecule has 0 radical (unpaired) electrons. The fourth-order valence-corrected chi connectivity index (χ4v) is 3.56. The quantitative estimate of drug-likeness (QED) is 0.578. The van der Waals surface area contributed by atoms with Crippen molar-refractivity contribution in [2.75, 3.05) is 5.32 Å². The number of anilines is 1. The molecule has 1 aliphatic heterocycles. The number of imide groups is 1. The Morgan fingerprint density at radius 2 is 1.75 bits per heavy atom. The molecule has 1 atom stereocenters. The van der Waals surface area contributed by atoms with Gasteiger partial charge in [-0.3, -0.25) is 24.5 Å². The van der Waals surface area contributed by atoms with Crippen molar-refractivity contribution in [2.24, 2.45) is 0 Å². The van der Waals surface area contributed by atoms with E-state index in [4.69, 9.17) is 0 Å². The number of carbonyl (C=O) groups is 4. The van der Waals surface area contributed by atoms with Crippen molar-refractivity contribution < 1.29 is 19.2 Å². The van der Waals surface area contributed by atoms with Crippen LogP contribution < -0.4 is 10.6 Å². The topological polar surface area (TPSA) is 92.3 Å². The molecule has 3 amide bonds. The Morgan fingerprint density at radius 3 is 2.32 bits per heavy atom. The van der Waals surface area contributed by atoms with Gasteiger partial charge >= 0.3 is 0 Å². The summed E-state index contributed by atoms with van der Waals surface area (Å²) >= 11 is 0.988. The molecule has 2 aromatic carbocycles. The largest absolute Gasteiger partial charge is 0.326 e. The van der Waals surface area contributed by atoms with Crippen molar-refractivity contribution in [3.8, 4) is 0 Å². The van der Waals surface area contributed by atoms with Crippen molar-refractivity contribution in [1.82, 2.24) is 5.32 Å². The Morgan fingerprint density at radius 1 is 1.07 bits per heavy atom. The van der Waals surface area contributed by atoms with E-state index >= 15 is 0 Å². The van der Waals surface area contributed by atoms with Crippen molar-refractivity contribution in [2.45, 2.75) is 18.6 Å². The number of hydrogen-bond acceptors (Lipinski definition) is 5. The van der Waals surface area contributed by atoms with Gasteiger partial charge in [-0.2, -0.15) is 0 Å². The van der Waals surface area contributed by atoms with Gasteiger partial charge in [-0.25, -0.2) is 0 Å². The highest BCUT2D eigenvalue weighted by Gasteiger charge is 2.31. The van der Waals surface area contributed by atoms with Crippen LogP contribution >= 0.6 is 11.8 Å². The van der Waals surface area contributed by atoms with Crippen LogP contribution in [0.2, 0.25) is 0 Å². The van der Waals surface area contributed by atoms with Crippen LogP contribution in [0.4, 0.5) is 10.5 Å². The first-order chi connectivity index (χ1) is 13.4. The first-order valence-corrected chi connectivity index (χ1v) is 9.49. The summed E-state index contributed by atoms with van der Waals surface area (Å²) in [6.45, 7) is 1.44. The van der Waals surface area contributed by atoms with Gasteiger partial charge in [0.1, 0.15) is 0 Å². The summed E-state index contributed by atoms with van der Waals surface area (Å²) in [5, 5.41) is 4.20. The van der Waals surface area contributed by atoms with E-state index < -0.39 is 5.25 Å². The third-order valence-electron chi connectivity index (χ3n) is 4.08. The second-order valence-electron chi connectivity index (χ2n) is 6.29. The molecule has 1 saturated heterocycles. The lowest BCUT2D eigenvalue weighted by Gasteiger charge is -2.05. The smallest absolute Gasteiger partial charge is 0.286 e. The van der Waals surface area contributed by atoms with E-state index in [2.05, 4.69) is 10.6 Å². The Hall–Kier alpha value is -3.19. The van der Waals surface area contributed by atoms with Crippen LogP contribution in [-0.4, -0.2) is 28.1 Å². The Labute approximate surface area is 166 Å². The molecule has 0 saturated carbocycles. The molecule has 1 fully saturated rings. The number of hydrogen-bond donors (Lipinski definition) is 2. The van der Waals surface area contributed by atoms with Crippen LogP contribution in [0, 0.1) is 0 Å². The van der Waals surface area contributed by atoms with E-state index in [9.17, 15) is 19.2 Å². The second kappa shape index (κ2) is 8.67. The summed E-state index contributed by atoms with van der Waals surface area (Å²) in [7, 11) is 0. The van der Waals surface area contributed by atoms with Gasteiger partial charge < -0.3 is 5.32 Å². The zero-order valence-electron chi connectivity index (χ0n) is 15.1. The zero-order valence-corrected chi connectivity index (χ0v) is 15.9. The highest BCUT2D eigenvalue weighted by Crippen LogP contribution is 2.23. The number of nitrogens with one attached hydrogen (secondary N) is 2. The number of benzene rings is 2. The molecule has 1 unspecified atom stereocenters. The van der Waals surface area contributed by atoms with Gasteiger partial charge in [-0.1, -0.05) is 54.2 Å².